The van der Waals surface area contributed by atoms with Crippen molar-refractivity contribution in [1.82, 2.24) is 9.88 Å². The van der Waals surface area contributed by atoms with E-state index in [9.17, 15) is 8.78 Å². The molecule has 1 aliphatic heterocycles. The van der Waals surface area contributed by atoms with Crippen LogP contribution in [0.15, 0.2) is 22.5 Å². The Kier molecular flexibility index (Phi) is 6.60. The number of hydrogen-bond acceptors (Lipinski definition) is 6. The van der Waals surface area contributed by atoms with Crippen molar-refractivity contribution < 1.29 is 8.78 Å². The van der Waals surface area contributed by atoms with Crippen LogP contribution < -0.4 is 9.62 Å². The fourth-order valence-corrected chi connectivity index (χ4v) is 4.63. The van der Waals surface area contributed by atoms with Gasteiger partial charge in [-0.25, -0.2) is 13.8 Å². The van der Waals surface area contributed by atoms with Gasteiger partial charge in [0.2, 0.25) is 0 Å². The summed E-state index contributed by atoms with van der Waals surface area (Å²) in [5.41, 5.74) is 0.432. The summed E-state index contributed by atoms with van der Waals surface area (Å²) in [4.78, 5) is 8.11. The number of rotatable bonds is 7. The molecule has 1 aliphatic rings. The molecule has 0 bridgehead atoms. The Labute approximate surface area is 165 Å². The van der Waals surface area contributed by atoms with E-state index in [1.54, 1.807) is 11.6 Å². The van der Waals surface area contributed by atoms with Crippen LogP contribution >= 0.6 is 34.9 Å². The lowest BCUT2D eigenvalue weighted by Gasteiger charge is -2.23. The van der Waals surface area contributed by atoms with Crippen LogP contribution in [0.25, 0.3) is 0 Å². The average molecular weight is 419 g/mol. The monoisotopic (exact) mass is 418 g/mol. The highest BCUT2D eigenvalue weighted by atomic mass is 35.5. The first-order valence-electron chi connectivity index (χ1n) is 8.43. The van der Waals surface area contributed by atoms with E-state index in [4.69, 9.17) is 11.6 Å². The predicted octanol–water partition coefficient (Wildman–Crippen LogP) is 4.97. The van der Waals surface area contributed by atoms with Crippen molar-refractivity contribution in [1.29, 1.82) is 0 Å². The second-order valence-corrected chi connectivity index (χ2v) is 8.42. The largest absolute Gasteiger partial charge is 0.370 e. The molecule has 2 heterocycles. The second kappa shape index (κ2) is 8.73. The lowest BCUT2D eigenvalue weighted by molar-refractivity contribution is 0.300. The van der Waals surface area contributed by atoms with Crippen molar-refractivity contribution in [2.75, 3.05) is 42.8 Å². The lowest BCUT2D eigenvalue weighted by atomic mass is 10.1. The molecule has 1 saturated heterocycles. The number of aromatic nitrogens is 1. The van der Waals surface area contributed by atoms with E-state index in [1.807, 2.05) is 4.90 Å². The molecule has 0 saturated carbocycles. The van der Waals surface area contributed by atoms with E-state index in [0.717, 1.165) is 44.5 Å². The van der Waals surface area contributed by atoms with E-state index in [-0.39, 0.29) is 9.92 Å². The van der Waals surface area contributed by atoms with Crippen LogP contribution in [0.1, 0.15) is 13.3 Å². The van der Waals surface area contributed by atoms with E-state index in [0.29, 0.717) is 16.7 Å². The first-order valence-corrected chi connectivity index (χ1v) is 10.5. The molecule has 0 aliphatic carbocycles. The zero-order chi connectivity index (χ0) is 18.7. The molecule has 1 aromatic carbocycles. The molecule has 0 radical (unpaired) electrons. The SMILES string of the molecule is CCN(C)CC1CCN(c2cc(F)c(SNc3nccs3)c(F)c2Cl)C1. The fourth-order valence-electron chi connectivity index (χ4n) is 3.03. The van der Waals surface area contributed by atoms with Gasteiger partial charge in [0.15, 0.2) is 10.9 Å². The highest BCUT2D eigenvalue weighted by Crippen LogP contribution is 2.39. The minimum Gasteiger partial charge on any atom is -0.370 e. The molecule has 1 aromatic heterocycles. The van der Waals surface area contributed by atoms with Crippen molar-refractivity contribution >= 4 is 45.7 Å². The Hall–Kier alpha value is -1.09. The van der Waals surface area contributed by atoms with E-state index in [1.165, 1.54) is 17.4 Å². The summed E-state index contributed by atoms with van der Waals surface area (Å²) in [5, 5.41) is 2.33. The highest BCUT2D eigenvalue weighted by Gasteiger charge is 2.28. The van der Waals surface area contributed by atoms with Crippen LogP contribution in [0.2, 0.25) is 5.02 Å². The number of nitrogens with zero attached hydrogens (tertiary/aromatic N) is 3. The van der Waals surface area contributed by atoms with Gasteiger partial charge in [-0.1, -0.05) is 18.5 Å². The van der Waals surface area contributed by atoms with Gasteiger partial charge < -0.3 is 14.5 Å². The number of thiazole rings is 1. The third-order valence-corrected chi connectivity index (χ3v) is 6.56. The lowest BCUT2D eigenvalue weighted by Crippen LogP contribution is -2.28. The molecule has 4 nitrogen and oxygen atoms in total. The molecule has 142 valence electrons. The van der Waals surface area contributed by atoms with Gasteiger partial charge in [-0.15, -0.1) is 11.3 Å². The Balaban J connectivity index is 1.73. The van der Waals surface area contributed by atoms with Crippen molar-refractivity contribution in [3.63, 3.8) is 0 Å². The smallest absolute Gasteiger partial charge is 0.192 e. The number of halogens is 3. The molecule has 0 spiro atoms. The predicted molar refractivity (Wildman–Crippen MR) is 106 cm³/mol. The third kappa shape index (κ3) is 4.42. The van der Waals surface area contributed by atoms with Gasteiger partial charge >= 0.3 is 0 Å². The van der Waals surface area contributed by atoms with Gasteiger partial charge in [0.25, 0.3) is 0 Å². The van der Waals surface area contributed by atoms with Gasteiger partial charge in [0.05, 0.1) is 5.69 Å². The summed E-state index contributed by atoms with van der Waals surface area (Å²) in [7, 11) is 2.08. The van der Waals surface area contributed by atoms with Crippen LogP contribution in [0.4, 0.5) is 19.6 Å². The van der Waals surface area contributed by atoms with Crippen molar-refractivity contribution in [3.8, 4) is 0 Å². The maximum absolute atomic E-state index is 14.7. The molecular weight excluding hydrogens is 398 g/mol. The molecule has 1 fully saturated rings. The molecule has 26 heavy (non-hydrogen) atoms. The topological polar surface area (TPSA) is 31.4 Å². The van der Waals surface area contributed by atoms with Gasteiger partial charge in [-0.2, -0.15) is 0 Å². The minimum atomic E-state index is -0.732. The average Bonchev–Trinajstić information content (AvgIpc) is 3.30. The molecular formula is C17H21ClF2N4S2. The zero-order valence-electron chi connectivity index (χ0n) is 14.6. The summed E-state index contributed by atoms with van der Waals surface area (Å²) in [5.74, 6) is -0.877. The first kappa shape index (κ1) is 19.7. The van der Waals surface area contributed by atoms with Crippen LogP contribution in [0.3, 0.4) is 0 Å². The van der Waals surface area contributed by atoms with E-state index < -0.39 is 11.6 Å². The summed E-state index contributed by atoms with van der Waals surface area (Å²) < 4.78 is 32.0. The number of hydrogen-bond donors (Lipinski definition) is 1. The highest BCUT2D eigenvalue weighted by molar-refractivity contribution is 8.00. The van der Waals surface area contributed by atoms with Gasteiger partial charge in [0, 0.05) is 37.3 Å². The normalized spacial score (nSPS) is 17.3. The second-order valence-electron chi connectivity index (χ2n) is 6.33. The fraction of sp³-hybridized carbons (Fsp3) is 0.471. The van der Waals surface area contributed by atoms with Crippen LogP contribution in [0, 0.1) is 17.6 Å². The summed E-state index contributed by atoms with van der Waals surface area (Å²) >= 11 is 8.45. The molecule has 9 heteroatoms. The van der Waals surface area contributed by atoms with Crippen molar-refractivity contribution in [3.05, 3.63) is 34.3 Å². The quantitative estimate of drug-likeness (QED) is 0.506. The number of benzene rings is 1. The molecule has 2 aromatic rings. The zero-order valence-corrected chi connectivity index (χ0v) is 17.0. The molecule has 3 rings (SSSR count). The van der Waals surface area contributed by atoms with E-state index >= 15 is 0 Å². The Morgan fingerprint density at radius 2 is 2.31 bits per heavy atom. The van der Waals surface area contributed by atoms with E-state index in [2.05, 4.69) is 28.6 Å². The van der Waals surface area contributed by atoms with Gasteiger partial charge in [-0.05, 0) is 37.9 Å². The van der Waals surface area contributed by atoms with Crippen molar-refractivity contribution in [2.24, 2.45) is 5.92 Å². The molecule has 1 unspecified atom stereocenters. The number of anilines is 2. The maximum Gasteiger partial charge on any atom is 0.192 e. The number of nitrogens with one attached hydrogen (secondary N) is 1. The van der Waals surface area contributed by atoms with Crippen LogP contribution in [-0.4, -0.2) is 43.1 Å². The summed E-state index contributed by atoms with van der Waals surface area (Å²) in [6, 6.07) is 1.34. The Bertz CT molecular complexity index is 745. The van der Waals surface area contributed by atoms with Crippen LogP contribution in [0.5, 0.6) is 0 Å². The minimum absolute atomic E-state index is 0.0284. The maximum atomic E-state index is 14.7. The van der Waals surface area contributed by atoms with Gasteiger partial charge in [0.1, 0.15) is 15.7 Å². The summed E-state index contributed by atoms with van der Waals surface area (Å²) in [6.45, 7) is 5.59. The Morgan fingerprint density at radius 1 is 1.50 bits per heavy atom. The molecule has 1 atom stereocenters. The molecule has 0 amide bonds. The standard InChI is InChI=1S/C17H21ClF2N4S2/c1-3-23(2)9-11-4-6-24(10-11)13-8-12(19)16(15(20)14(13)18)26-22-17-21-5-7-25-17/h5,7-8,11H,3-4,6,9-10H2,1-2H3,(H,21,22). The Morgan fingerprint density at radius 3 is 3.00 bits per heavy atom. The molecule has 1 N–H and O–H groups in total. The van der Waals surface area contributed by atoms with Crippen LogP contribution in [-0.2, 0) is 0 Å². The van der Waals surface area contributed by atoms with Crippen molar-refractivity contribution in [2.45, 2.75) is 18.2 Å². The first-order chi connectivity index (χ1) is 12.5. The third-order valence-electron chi connectivity index (χ3n) is 4.51. The summed E-state index contributed by atoms with van der Waals surface area (Å²) in [6.07, 6.45) is 2.61. The van der Waals surface area contributed by atoms with Gasteiger partial charge in [-0.3, -0.25) is 0 Å².